The number of carbonyl (C=O) groups is 1. The lowest BCUT2D eigenvalue weighted by Crippen LogP contribution is -2.27. The smallest absolute Gasteiger partial charge is 0.276 e. The third-order valence-electron chi connectivity index (χ3n) is 4.29. The fourth-order valence-electron chi connectivity index (χ4n) is 2.71. The highest BCUT2D eigenvalue weighted by Gasteiger charge is 2.18. The van der Waals surface area contributed by atoms with Gasteiger partial charge in [-0.15, -0.1) is 0 Å². The molecule has 0 radical (unpaired) electrons. The lowest BCUT2D eigenvalue weighted by atomic mass is 10.2. The van der Waals surface area contributed by atoms with Gasteiger partial charge in [0.25, 0.3) is 5.91 Å². The van der Waals surface area contributed by atoms with E-state index in [4.69, 9.17) is 0 Å². The van der Waals surface area contributed by atoms with Crippen LogP contribution in [0.3, 0.4) is 0 Å². The summed E-state index contributed by atoms with van der Waals surface area (Å²) in [6.07, 6.45) is 0. The topological polar surface area (TPSA) is 61.4 Å². The molecule has 0 saturated heterocycles. The Morgan fingerprint density at radius 3 is 2.21 bits per heavy atom. The second-order valence-corrected chi connectivity index (χ2v) is 6.76. The first kappa shape index (κ1) is 19.5. The zero-order chi connectivity index (χ0) is 19.9. The molecular weight excluding hydrogens is 350 g/mol. The second kappa shape index (κ2) is 9.10. The molecule has 0 fully saturated rings. The predicted molar refractivity (Wildman–Crippen MR) is 114 cm³/mol. The molecule has 0 aliphatic carbocycles. The summed E-state index contributed by atoms with van der Waals surface area (Å²) in [5.74, 6) is 0.988. The van der Waals surface area contributed by atoms with Gasteiger partial charge in [0, 0.05) is 37.5 Å². The van der Waals surface area contributed by atoms with Crippen LogP contribution in [0.2, 0.25) is 0 Å². The zero-order valence-corrected chi connectivity index (χ0v) is 16.5. The number of anilines is 2. The highest BCUT2D eigenvalue weighted by molar-refractivity contribution is 6.05. The van der Waals surface area contributed by atoms with Gasteiger partial charge in [0.05, 0.1) is 0 Å². The number of likely N-dealkylation sites (N-methyl/N-ethyl adjacent to an activating group) is 1. The fourth-order valence-corrected chi connectivity index (χ4v) is 2.71. The summed E-state index contributed by atoms with van der Waals surface area (Å²) in [4.78, 5) is 25.9. The van der Waals surface area contributed by atoms with Gasteiger partial charge in [-0.25, -0.2) is 9.97 Å². The standard InChI is InChI=1S/C22H25N5O/c1-26(2)15-14-23-20-16-19(22(28)27(3)18-12-8-5-9-13-18)24-21(25-20)17-10-6-4-7-11-17/h4-13,16H,14-15H2,1-3H3,(H,23,24,25). The molecule has 3 aromatic rings. The SMILES string of the molecule is CN(C)CCNc1cc(C(=O)N(C)c2ccccc2)nc(-c2ccccc2)n1. The van der Waals surface area contributed by atoms with E-state index in [1.54, 1.807) is 18.0 Å². The van der Waals surface area contributed by atoms with Crippen molar-refractivity contribution < 1.29 is 4.79 Å². The van der Waals surface area contributed by atoms with E-state index in [0.717, 1.165) is 24.3 Å². The molecule has 0 atom stereocenters. The Kier molecular flexibility index (Phi) is 6.34. The van der Waals surface area contributed by atoms with Gasteiger partial charge in [0.1, 0.15) is 11.5 Å². The van der Waals surface area contributed by atoms with Crippen molar-refractivity contribution in [2.45, 2.75) is 0 Å². The average Bonchev–Trinajstić information content (AvgIpc) is 2.73. The van der Waals surface area contributed by atoms with Gasteiger partial charge < -0.3 is 15.1 Å². The molecule has 1 heterocycles. The summed E-state index contributed by atoms with van der Waals surface area (Å²) in [6.45, 7) is 1.58. The molecule has 2 aromatic carbocycles. The fraction of sp³-hybridized carbons (Fsp3) is 0.227. The van der Waals surface area contributed by atoms with Crippen LogP contribution in [0.4, 0.5) is 11.5 Å². The first-order chi connectivity index (χ1) is 13.5. The van der Waals surface area contributed by atoms with E-state index < -0.39 is 0 Å². The Balaban J connectivity index is 1.93. The van der Waals surface area contributed by atoms with Crippen LogP contribution < -0.4 is 10.2 Å². The summed E-state index contributed by atoms with van der Waals surface area (Å²) >= 11 is 0. The number of benzene rings is 2. The van der Waals surface area contributed by atoms with Crippen LogP contribution in [-0.4, -0.2) is 55.0 Å². The van der Waals surface area contributed by atoms with Crippen LogP contribution in [0.5, 0.6) is 0 Å². The molecule has 0 aliphatic heterocycles. The lowest BCUT2D eigenvalue weighted by Gasteiger charge is -2.18. The van der Waals surface area contributed by atoms with Gasteiger partial charge in [-0.05, 0) is 26.2 Å². The summed E-state index contributed by atoms with van der Waals surface area (Å²) in [5.41, 5.74) is 2.04. The quantitative estimate of drug-likeness (QED) is 0.686. The van der Waals surface area contributed by atoms with Crippen LogP contribution >= 0.6 is 0 Å². The number of rotatable bonds is 7. The van der Waals surface area contributed by atoms with Crippen LogP contribution in [0.25, 0.3) is 11.4 Å². The van der Waals surface area contributed by atoms with E-state index >= 15 is 0 Å². The van der Waals surface area contributed by atoms with Crippen molar-refractivity contribution in [3.8, 4) is 11.4 Å². The molecule has 3 rings (SSSR count). The number of amides is 1. The van der Waals surface area contributed by atoms with Gasteiger partial charge in [-0.3, -0.25) is 4.79 Å². The number of nitrogens with zero attached hydrogens (tertiary/aromatic N) is 4. The number of hydrogen-bond donors (Lipinski definition) is 1. The van der Waals surface area contributed by atoms with Crippen molar-refractivity contribution in [1.29, 1.82) is 0 Å². The summed E-state index contributed by atoms with van der Waals surface area (Å²) in [6, 6.07) is 20.9. The van der Waals surface area contributed by atoms with Gasteiger partial charge in [-0.2, -0.15) is 0 Å². The van der Waals surface area contributed by atoms with Crippen molar-refractivity contribution in [2.75, 3.05) is 44.4 Å². The average molecular weight is 375 g/mol. The number of para-hydroxylation sites is 1. The first-order valence-electron chi connectivity index (χ1n) is 9.21. The highest BCUT2D eigenvalue weighted by atomic mass is 16.2. The third kappa shape index (κ3) is 4.92. The minimum absolute atomic E-state index is 0.179. The predicted octanol–water partition coefficient (Wildman–Crippen LogP) is 3.39. The zero-order valence-electron chi connectivity index (χ0n) is 16.5. The molecule has 144 valence electrons. The largest absolute Gasteiger partial charge is 0.369 e. The summed E-state index contributed by atoms with van der Waals surface area (Å²) in [7, 11) is 5.78. The minimum atomic E-state index is -0.179. The highest BCUT2D eigenvalue weighted by Crippen LogP contribution is 2.20. The molecule has 0 aliphatic rings. The maximum Gasteiger partial charge on any atom is 0.276 e. The lowest BCUT2D eigenvalue weighted by molar-refractivity contribution is 0.0988. The normalized spacial score (nSPS) is 10.7. The van der Waals surface area contributed by atoms with Gasteiger partial charge in [0.15, 0.2) is 5.82 Å². The van der Waals surface area contributed by atoms with Crippen LogP contribution in [0.1, 0.15) is 10.5 Å². The van der Waals surface area contributed by atoms with Crippen molar-refractivity contribution in [3.05, 3.63) is 72.4 Å². The van der Waals surface area contributed by atoms with Crippen LogP contribution in [0.15, 0.2) is 66.7 Å². The second-order valence-electron chi connectivity index (χ2n) is 6.76. The Bertz CT molecular complexity index is 913. The van der Waals surface area contributed by atoms with Crippen LogP contribution in [-0.2, 0) is 0 Å². The molecule has 1 aromatic heterocycles. The molecule has 1 amide bonds. The molecular formula is C22H25N5O. The number of nitrogens with one attached hydrogen (secondary N) is 1. The molecule has 1 N–H and O–H groups in total. The number of hydrogen-bond acceptors (Lipinski definition) is 5. The van der Waals surface area contributed by atoms with E-state index in [2.05, 4.69) is 20.2 Å². The summed E-state index contributed by atoms with van der Waals surface area (Å²) < 4.78 is 0. The molecule has 6 nitrogen and oxygen atoms in total. The molecule has 0 unspecified atom stereocenters. The third-order valence-corrected chi connectivity index (χ3v) is 4.29. The van der Waals surface area contributed by atoms with Gasteiger partial charge >= 0.3 is 0 Å². The monoisotopic (exact) mass is 375 g/mol. The van der Waals surface area contributed by atoms with E-state index in [1.807, 2.05) is 74.8 Å². The molecule has 0 spiro atoms. The Labute approximate surface area is 165 Å². The maximum absolute atomic E-state index is 13.1. The summed E-state index contributed by atoms with van der Waals surface area (Å²) in [5, 5.41) is 3.30. The van der Waals surface area contributed by atoms with Crippen molar-refractivity contribution in [1.82, 2.24) is 14.9 Å². The number of aromatic nitrogens is 2. The van der Waals surface area contributed by atoms with Crippen molar-refractivity contribution in [3.63, 3.8) is 0 Å². The Hall–Kier alpha value is -3.25. The number of carbonyl (C=O) groups excluding carboxylic acids is 1. The molecule has 0 bridgehead atoms. The molecule has 28 heavy (non-hydrogen) atoms. The van der Waals surface area contributed by atoms with E-state index in [1.165, 1.54) is 0 Å². The van der Waals surface area contributed by atoms with Crippen LogP contribution in [0, 0.1) is 0 Å². The van der Waals surface area contributed by atoms with Crippen molar-refractivity contribution in [2.24, 2.45) is 0 Å². The maximum atomic E-state index is 13.1. The van der Waals surface area contributed by atoms with Gasteiger partial charge in [-0.1, -0.05) is 48.5 Å². The molecule has 6 heteroatoms. The Morgan fingerprint density at radius 1 is 0.929 bits per heavy atom. The minimum Gasteiger partial charge on any atom is -0.369 e. The Morgan fingerprint density at radius 2 is 1.57 bits per heavy atom. The van der Waals surface area contributed by atoms with Crippen molar-refractivity contribution >= 4 is 17.4 Å². The molecule has 0 saturated carbocycles. The first-order valence-corrected chi connectivity index (χ1v) is 9.21. The van der Waals surface area contributed by atoms with Gasteiger partial charge in [0.2, 0.25) is 0 Å². The van der Waals surface area contributed by atoms with E-state index in [9.17, 15) is 4.79 Å². The van der Waals surface area contributed by atoms with E-state index in [-0.39, 0.29) is 5.91 Å². The van der Waals surface area contributed by atoms with E-state index in [0.29, 0.717) is 17.3 Å².